The second-order valence-electron chi connectivity index (χ2n) is 4.52. The summed E-state index contributed by atoms with van der Waals surface area (Å²) >= 11 is 0. The normalized spacial score (nSPS) is 23.5. The van der Waals surface area contributed by atoms with Gasteiger partial charge in [-0.25, -0.2) is 0 Å². The van der Waals surface area contributed by atoms with Gasteiger partial charge >= 0.3 is 5.97 Å². The van der Waals surface area contributed by atoms with E-state index in [0.717, 1.165) is 11.1 Å². The van der Waals surface area contributed by atoms with Crippen molar-refractivity contribution in [3.8, 4) is 0 Å². The van der Waals surface area contributed by atoms with Crippen LogP contribution < -0.4 is 5.32 Å². The van der Waals surface area contributed by atoms with E-state index in [1.54, 1.807) is 0 Å². The summed E-state index contributed by atoms with van der Waals surface area (Å²) in [5, 5.41) is 11.8. The zero-order valence-corrected chi connectivity index (χ0v) is 9.64. The summed E-state index contributed by atoms with van der Waals surface area (Å²) in [6.07, 6.45) is 0.663. The molecule has 0 aliphatic carbocycles. The highest BCUT2D eigenvalue weighted by molar-refractivity contribution is 5.86. The van der Waals surface area contributed by atoms with Crippen LogP contribution in [0.3, 0.4) is 0 Å². The molecule has 4 heteroatoms. The van der Waals surface area contributed by atoms with Gasteiger partial charge in [-0.2, -0.15) is 0 Å². The number of nitrogens with one attached hydrogen (secondary N) is 1. The molecule has 0 bridgehead atoms. The van der Waals surface area contributed by atoms with Gasteiger partial charge in [0.05, 0.1) is 5.92 Å². The molecular weight excluding hydrogens is 218 g/mol. The first kappa shape index (κ1) is 11.6. The molecule has 2 atom stereocenters. The van der Waals surface area contributed by atoms with Crippen molar-refractivity contribution < 1.29 is 14.7 Å². The van der Waals surface area contributed by atoms with E-state index in [-0.39, 0.29) is 18.4 Å². The second-order valence-corrected chi connectivity index (χ2v) is 4.52. The number of hydrogen-bond donors (Lipinski definition) is 2. The number of hydrogen-bond acceptors (Lipinski definition) is 2. The first-order valence-electron chi connectivity index (χ1n) is 5.64. The Morgan fingerprint density at radius 3 is 2.94 bits per heavy atom. The van der Waals surface area contributed by atoms with Crippen molar-refractivity contribution >= 4 is 11.9 Å². The molecule has 2 unspecified atom stereocenters. The van der Waals surface area contributed by atoms with Crippen LogP contribution in [-0.2, 0) is 16.0 Å². The summed E-state index contributed by atoms with van der Waals surface area (Å²) in [6, 6.07) is 7.62. The van der Waals surface area contributed by atoms with Gasteiger partial charge in [0.15, 0.2) is 0 Å². The lowest BCUT2D eigenvalue weighted by Gasteiger charge is -2.15. The maximum absolute atomic E-state index is 11.3. The number of rotatable bonds is 3. The van der Waals surface area contributed by atoms with Crippen LogP contribution in [0.4, 0.5) is 0 Å². The van der Waals surface area contributed by atoms with E-state index in [0.29, 0.717) is 6.42 Å². The highest BCUT2D eigenvalue weighted by atomic mass is 16.4. The Kier molecular flexibility index (Phi) is 3.13. The van der Waals surface area contributed by atoms with Crippen LogP contribution in [-0.4, -0.2) is 23.0 Å². The van der Waals surface area contributed by atoms with E-state index in [9.17, 15) is 9.59 Å². The number of benzene rings is 1. The monoisotopic (exact) mass is 233 g/mol. The van der Waals surface area contributed by atoms with Crippen molar-refractivity contribution in [2.45, 2.75) is 25.8 Å². The quantitative estimate of drug-likeness (QED) is 0.822. The van der Waals surface area contributed by atoms with Gasteiger partial charge in [0.1, 0.15) is 0 Å². The molecule has 0 saturated carbocycles. The second kappa shape index (κ2) is 4.57. The van der Waals surface area contributed by atoms with Crippen LogP contribution in [0.15, 0.2) is 24.3 Å². The number of amides is 1. The van der Waals surface area contributed by atoms with E-state index < -0.39 is 11.9 Å². The predicted octanol–water partition coefficient (Wildman–Crippen LogP) is 1.13. The number of carboxylic acids is 1. The van der Waals surface area contributed by atoms with Crippen LogP contribution in [0.25, 0.3) is 0 Å². The van der Waals surface area contributed by atoms with E-state index in [1.165, 1.54) is 0 Å². The highest BCUT2D eigenvalue weighted by Gasteiger charge is 2.37. The molecule has 0 aromatic heterocycles. The molecule has 1 fully saturated rings. The fourth-order valence-electron chi connectivity index (χ4n) is 2.25. The Balaban J connectivity index is 2.12. The minimum Gasteiger partial charge on any atom is -0.481 e. The molecule has 1 aromatic rings. The number of carbonyl (C=O) groups is 2. The molecule has 2 N–H and O–H groups in total. The number of carboxylic acid groups (broad SMARTS) is 1. The fourth-order valence-corrected chi connectivity index (χ4v) is 2.25. The van der Waals surface area contributed by atoms with Gasteiger partial charge in [0.2, 0.25) is 5.91 Å². The van der Waals surface area contributed by atoms with Gasteiger partial charge in [-0.1, -0.05) is 29.8 Å². The topological polar surface area (TPSA) is 66.4 Å². The van der Waals surface area contributed by atoms with Crippen LogP contribution in [0.1, 0.15) is 17.5 Å². The summed E-state index contributed by atoms with van der Waals surface area (Å²) in [4.78, 5) is 22.3. The molecule has 4 nitrogen and oxygen atoms in total. The van der Waals surface area contributed by atoms with Crippen LogP contribution in [0, 0.1) is 12.8 Å². The van der Waals surface area contributed by atoms with Crippen molar-refractivity contribution in [3.05, 3.63) is 35.4 Å². The fraction of sp³-hybridized carbons (Fsp3) is 0.385. The van der Waals surface area contributed by atoms with E-state index in [1.807, 2.05) is 31.2 Å². The molecule has 1 aliphatic heterocycles. The van der Waals surface area contributed by atoms with E-state index >= 15 is 0 Å². The average Bonchev–Trinajstić information content (AvgIpc) is 2.59. The lowest BCUT2D eigenvalue weighted by atomic mass is 9.94. The molecular formula is C13H15NO3. The van der Waals surface area contributed by atoms with Crippen molar-refractivity contribution in [2.75, 3.05) is 0 Å². The molecule has 0 spiro atoms. The van der Waals surface area contributed by atoms with Gasteiger partial charge in [-0.3, -0.25) is 9.59 Å². The summed E-state index contributed by atoms with van der Waals surface area (Å²) in [7, 11) is 0. The first-order valence-corrected chi connectivity index (χ1v) is 5.64. The van der Waals surface area contributed by atoms with Crippen LogP contribution in [0.2, 0.25) is 0 Å². The zero-order chi connectivity index (χ0) is 12.4. The number of carbonyl (C=O) groups excluding carboxylic acids is 1. The van der Waals surface area contributed by atoms with E-state index in [2.05, 4.69) is 5.32 Å². The summed E-state index contributed by atoms with van der Waals surface area (Å²) < 4.78 is 0. The summed E-state index contributed by atoms with van der Waals surface area (Å²) in [6.45, 7) is 1.99. The predicted molar refractivity (Wildman–Crippen MR) is 62.6 cm³/mol. The molecule has 1 aromatic carbocycles. The van der Waals surface area contributed by atoms with Gasteiger partial charge in [-0.05, 0) is 18.9 Å². The maximum atomic E-state index is 11.3. The van der Waals surface area contributed by atoms with Crippen molar-refractivity contribution in [1.29, 1.82) is 0 Å². The third-order valence-corrected chi connectivity index (χ3v) is 3.09. The van der Waals surface area contributed by atoms with E-state index in [4.69, 9.17) is 5.11 Å². The minimum absolute atomic E-state index is 0.0891. The standard InChI is InChI=1S/C13H15NO3/c1-8-3-2-4-9(5-8)6-11-10(13(16)17)7-12(15)14-11/h2-5,10-11H,6-7H2,1H3,(H,14,15)(H,16,17). The lowest BCUT2D eigenvalue weighted by Crippen LogP contribution is -2.34. The molecule has 1 aliphatic rings. The van der Waals surface area contributed by atoms with Crippen molar-refractivity contribution in [2.24, 2.45) is 5.92 Å². The first-order chi connectivity index (χ1) is 8.06. The zero-order valence-electron chi connectivity index (χ0n) is 9.64. The SMILES string of the molecule is Cc1cccc(CC2NC(=O)CC2C(=O)O)c1. The molecule has 1 heterocycles. The van der Waals surface area contributed by atoms with Crippen LogP contribution >= 0.6 is 0 Å². The highest BCUT2D eigenvalue weighted by Crippen LogP contribution is 2.21. The Hall–Kier alpha value is -1.84. The third kappa shape index (κ3) is 2.64. The molecule has 1 amide bonds. The smallest absolute Gasteiger partial charge is 0.309 e. The van der Waals surface area contributed by atoms with Crippen molar-refractivity contribution in [1.82, 2.24) is 5.32 Å². The van der Waals surface area contributed by atoms with Crippen molar-refractivity contribution in [3.63, 3.8) is 0 Å². The van der Waals surface area contributed by atoms with Crippen LogP contribution in [0.5, 0.6) is 0 Å². The summed E-state index contributed by atoms with van der Waals surface area (Å²) in [5.41, 5.74) is 2.20. The Labute approximate surface area is 99.6 Å². The Bertz CT molecular complexity index is 456. The van der Waals surface area contributed by atoms with Gasteiger partial charge < -0.3 is 10.4 Å². The van der Waals surface area contributed by atoms with Gasteiger partial charge in [0, 0.05) is 12.5 Å². The lowest BCUT2D eigenvalue weighted by molar-refractivity contribution is -0.142. The molecule has 17 heavy (non-hydrogen) atoms. The average molecular weight is 233 g/mol. The number of aryl methyl sites for hydroxylation is 1. The molecule has 0 radical (unpaired) electrons. The third-order valence-electron chi connectivity index (χ3n) is 3.09. The van der Waals surface area contributed by atoms with Gasteiger partial charge in [0.25, 0.3) is 0 Å². The molecule has 1 saturated heterocycles. The molecule has 90 valence electrons. The largest absolute Gasteiger partial charge is 0.481 e. The molecule has 2 rings (SSSR count). The number of aliphatic carboxylic acids is 1. The Morgan fingerprint density at radius 2 is 2.29 bits per heavy atom. The maximum Gasteiger partial charge on any atom is 0.309 e. The Morgan fingerprint density at radius 1 is 1.53 bits per heavy atom. The summed E-state index contributed by atoms with van der Waals surface area (Å²) in [5.74, 6) is -1.68. The van der Waals surface area contributed by atoms with Gasteiger partial charge in [-0.15, -0.1) is 0 Å². The minimum atomic E-state index is -0.902.